The van der Waals surface area contributed by atoms with E-state index in [0.717, 1.165) is 41.9 Å². The van der Waals surface area contributed by atoms with Crippen LogP contribution in [0.15, 0.2) is 46.9 Å². The molecule has 0 spiro atoms. The zero-order valence-corrected chi connectivity index (χ0v) is 17.7. The first-order chi connectivity index (χ1) is 14.3. The molecule has 2 heterocycles. The highest BCUT2D eigenvalue weighted by molar-refractivity contribution is 5.80. The molecule has 0 radical (unpaired) electrons. The average molecular weight is 409 g/mol. The second kappa shape index (κ2) is 7.99. The molecule has 3 aromatic rings. The molecule has 0 atom stereocenters. The molecule has 1 fully saturated rings. The van der Waals surface area contributed by atoms with Crippen molar-refractivity contribution in [1.29, 1.82) is 0 Å². The molecule has 158 valence electrons. The van der Waals surface area contributed by atoms with Gasteiger partial charge < -0.3 is 19.8 Å². The predicted molar refractivity (Wildman–Crippen MR) is 117 cm³/mol. The number of fused-ring (bicyclic) bond motifs is 1. The van der Waals surface area contributed by atoms with Crippen LogP contribution in [0, 0.1) is 0 Å². The van der Waals surface area contributed by atoms with Gasteiger partial charge in [0.25, 0.3) is 0 Å². The SMILES string of the molecule is CC(C)(C)OC(=O)N1CCN(Cc2ccc3nc(-c4ccccc4N)oc3c2)CC1. The van der Waals surface area contributed by atoms with E-state index in [4.69, 9.17) is 14.9 Å². The van der Waals surface area contributed by atoms with Crippen LogP contribution in [-0.2, 0) is 11.3 Å². The van der Waals surface area contributed by atoms with Gasteiger partial charge in [-0.1, -0.05) is 18.2 Å². The van der Waals surface area contributed by atoms with Gasteiger partial charge in [0.15, 0.2) is 5.58 Å². The molecule has 4 rings (SSSR count). The molecule has 7 nitrogen and oxygen atoms in total. The van der Waals surface area contributed by atoms with Gasteiger partial charge in [-0.25, -0.2) is 9.78 Å². The molecule has 0 unspecified atom stereocenters. The lowest BCUT2D eigenvalue weighted by atomic mass is 10.2. The van der Waals surface area contributed by atoms with Crippen LogP contribution in [0.5, 0.6) is 0 Å². The summed E-state index contributed by atoms with van der Waals surface area (Å²) in [5, 5.41) is 0. The first-order valence-electron chi connectivity index (χ1n) is 10.2. The molecule has 2 aromatic carbocycles. The number of carbonyl (C=O) groups is 1. The predicted octanol–water partition coefficient (Wildman–Crippen LogP) is 4.13. The lowest BCUT2D eigenvalue weighted by molar-refractivity contribution is 0.0139. The molecule has 2 N–H and O–H groups in total. The molecule has 1 aliphatic heterocycles. The molecule has 1 amide bonds. The fourth-order valence-electron chi connectivity index (χ4n) is 3.55. The van der Waals surface area contributed by atoms with Crippen LogP contribution >= 0.6 is 0 Å². The molecule has 0 aliphatic carbocycles. The third-order valence-corrected chi connectivity index (χ3v) is 5.07. The molecule has 1 aliphatic rings. The molecular weight excluding hydrogens is 380 g/mol. The smallest absolute Gasteiger partial charge is 0.410 e. The van der Waals surface area contributed by atoms with Gasteiger partial charge in [0, 0.05) is 38.4 Å². The summed E-state index contributed by atoms with van der Waals surface area (Å²) in [6, 6.07) is 13.6. The maximum Gasteiger partial charge on any atom is 0.410 e. The highest BCUT2D eigenvalue weighted by Gasteiger charge is 2.26. The van der Waals surface area contributed by atoms with E-state index >= 15 is 0 Å². The first-order valence-corrected chi connectivity index (χ1v) is 10.2. The van der Waals surface area contributed by atoms with Crippen molar-refractivity contribution in [2.45, 2.75) is 32.9 Å². The van der Waals surface area contributed by atoms with Crippen molar-refractivity contribution in [3.63, 3.8) is 0 Å². The van der Waals surface area contributed by atoms with E-state index in [2.05, 4.69) is 16.0 Å². The Morgan fingerprint density at radius 1 is 1.13 bits per heavy atom. The van der Waals surface area contributed by atoms with Crippen molar-refractivity contribution in [1.82, 2.24) is 14.8 Å². The summed E-state index contributed by atoms with van der Waals surface area (Å²) in [6.07, 6.45) is -0.238. The molecule has 7 heteroatoms. The molecule has 1 saturated heterocycles. The minimum Gasteiger partial charge on any atom is -0.444 e. The van der Waals surface area contributed by atoms with Crippen LogP contribution in [-0.4, -0.2) is 52.7 Å². The number of anilines is 1. The number of hydrogen-bond acceptors (Lipinski definition) is 6. The maximum atomic E-state index is 12.2. The number of hydrogen-bond donors (Lipinski definition) is 1. The Kier molecular flexibility index (Phi) is 5.39. The van der Waals surface area contributed by atoms with Gasteiger partial charge in [0.05, 0.1) is 5.56 Å². The summed E-state index contributed by atoms with van der Waals surface area (Å²) in [4.78, 5) is 20.9. The molecular formula is C23H28N4O3. The van der Waals surface area contributed by atoms with Crippen LogP contribution in [0.3, 0.4) is 0 Å². The number of carbonyl (C=O) groups excluding carboxylic acids is 1. The van der Waals surface area contributed by atoms with Gasteiger partial charge in [0.2, 0.25) is 5.89 Å². The van der Waals surface area contributed by atoms with Crippen LogP contribution in [0.25, 0.3) is 22.6 Å². The lowest BCUT2D eigenvalue weighted by Gasteiger charge is -2.35. The zero-order valence-electron chi connectivity index (χ0n) is 17.7. The Morgan fingerprint density at radius 2 is 1.87 bits per heavy atom. The lowest BCUT2D eigenvalue weighted by Crippen LogP contribution is -2.49. The van der Waals surface area contributed by atoms with E-state index in [-0.39, 0.29) is 6.09 Å². The summed E-state index contributed by atoms with van der Waals surface area (Å²) in [5.74, 6) is 0.534. The Balaban J connectivity index is 1.40. The van der Waals surface area contributed by atoms with Crippen molar-refractivity contribution in [3.05, 3.63) is 48.0 Å². The molecule has 30 heavy (non-hydrogen) atoms. The molecule has 0 bridgehead atoms. The van der Waals surface area contributed by atoms with Crippen molar-refractivity contribution in [2.75, 3.05) is 31.9 Å². The van der Waals surface area contributed by atoms with Gasteiger partial charge in [-0.15, -0.1) is 0 Å². The summed E-state index contributed by atoms with van der Waals surface area (Å²) in [7, 11) is 0. The fourth-order valence-corrected chi connectivity index (χ4v) is 3.55. The summed E-state index contributed by atoms with van der Waals surface area (Å²) >= 11 is 0. The third kappa shape index (κ3) is 4.57. The van der Waals surface area contributed by atoms with Crippen LogP contribution in [0.2, 0.25) is 0 Å². The fraction of sp³-hybridized carbons (Fsp3) is 0.391. The van der Waals surface area contributed by atoms with Gasteiger partial charge in [-0.2, -0.15) is 0 Å². The number of oxazole rings is 1. The standard InChI is InChI=1S/C23H28N4O3/c1-23(2,3)30-22(28)27-12-10-26(11-13-27)15-16-8-9-19-20(14-16)29-21(25-19)17-6-4-5-7-18(17)24/h4-9,14H,10-13,15,24H2,1-3H3. The van der Waals surface area contributed by atoms with Crippen molar-refractivity contribution < 1.29 is 13.9 Å². The summed E-state index contributed by atoms with van der Waals surface area (Å²) in [5.41, 5.74) is 9.74. The van der Waals surface area contributed by atoms with E-state index in [1.165, 1.54) is 0 Å². The largest absolute Gasteiger partial charge is 0.444 e. The van der Waals surface area contributed by atoms with E-state index in [9.17, 15) is 4.79 Å². The quantitative estimate of drug-likeness (QED) is 0.656. The number of amides is 1. The number of para-hydroxylation sites is 1. The van der Waals surface area contributed by atoms with Crippen LogP contribution < -0.4 is 5.73 Å². The number of nitrogen functional groups attached to an aromatic ring is 1. The van der Waals surface area contributed by atoms with E-state index < -0.39 is 5.60 Å². The highest BCUT2D eigenvalue weighted by atomic mass is 16.6. The summed E-state index contributed by atoms with van der Waals surface area (Å²) < 4.78 is 11.4. The number of nitrogens with two attached hydrogens (primary N) is 1. The number of nitrogens with zero attached hydrogens (tertiary/aromatic N) is 3. The van der Waals surface area contributed by atoms with E-state index in [0.29, 0.717) is 24.7 Å². The molecule has 1 aromatic heterocycles. The minimum absolute atomic E-state index is 0.238. The van der Waals surface area contributed by atoms with Gasteiger partial charge in [-0.3, -0.25) is 4.90 Å². The number of benzene rings is 2. The minimum atomic E-state index is -0.468. The van der Waals surface area contributed by atoms with Crippen molar-refractivity contribution >= 4 is 22.9 Å². The van der Waals surface area contributed by atoms with Gasteiger partial charge in [-0.05, 0) is 50.6 Å². The maximum absolute atomic E-state index is 12.2. The van der Waals surface area contributed by atoms with Gasteiger partial charge in [0.1, 0.15) is 11.1 Å². The van der Waals surface area contributed by atoms with Crippen molar-refractivity contribution in [3.8, 4) is 11.5 Å². The second-order valence-corrected chi connectivity index (χ2v) is 8.65. The topological polar surface area (TPSA) is 84.8 Å². The third-order valence-electron chi connectivity index (χ3n) is 5.07. The van der Waals surface area contributed by atoms with Crippen LogP contribution in [0.4, 0.5) is 10.5 Å². The second-order valence-electron chi connectivity index (χ2n) is 8.65. The van der Waals surface area contributed by atoms with Crippen LogP contribution in [0.1, 0.15) is 26.3 Å². The van der Waals surface area contributed by atoms with Gasteiger partial charge >= 0.3 is 6.09 Å². The molecule has 0 saturated carbocycles. The highest BCUT2D eigenvalue weighted by Crippen LogP contribution is 2.29. The Morgan fingerprint density at radius 3 is 2.57 bits per heavy atom. The van der Waals surface area contributed by atoms with Crippen molar-refractivity contribution in [2.24, 2.45) is 0 Å². The Labute approximate surface area is 176 Å². The number of ether oxygens (including phenoxy) is 1. The number of aromatic nitrogens is 1. The van der Waals surface area contributed by atoms with E-state index in [1.807, 2.05) is 57.2 Å². The van der Waals surface area contributed by atoms with E-state index in [1.54, 1.807) is 4.90 Å². The Bertz CT molecular complexity index is 1050. The number of rotatable bonds is 3. The zero-order chi connectivity index (χ0) is 21.3. The Hall–Kier alpha value is -3.06. The summed E-state index contributed by atoms with van der Waals surface area (Å²) in [6.45, 7) is 9.39. The number of piperazine rings is 1. The normalized spacial score (nSPS) is 15.5. The first kappa shape index (κ1) is 20.2. The monoisotopic (exact) mass is 408 g/mol. The average Bonchev–Trinajstić information content (AvgIpc) is 3.10.